The number of hydrogen-bond donors (Lipinski definition) is 2. The predicted molar refractivity (Wildman–Crippen MR) is 77.9 cm³/mol. The summed E-state index contributed by atoms with van der Waals surface area (Å²) in [5.41, 5.74) is -0.846. The van der Waals surface area contributed by atoms with Crippen LogP contribution in [0, 0.1) is 11.8 Å². The first-order chi connectivity index (χ1) is 9.29. The standard InChI is InChI=1S/C13H14ClF3N2O.ClH/c1-7(8-5-18-6-8)12(20)19-9-2-3-11(14)10(4-9)13(15,16)17;/h2-4,7-8,18H,5-6H2,1H3,(H,19,20);1H. The molecule has 1 saturated heterocycles. The van der Waals surface area contributed by atoms with Gasteiger partial charge in [-0.1, -0.05) is 18.5 Å². The smallest absolute Gasteiger partial charge is 0.326 e. The van der Waals surface area contributed by atoms with Crippen LogP contribution in [0.1, 0.15) is 12.5 Å². The summed E-state index contributed by atoms with van der Waals surface area (Å²) in [4.78, 5) is 11.9. The number of anilines is 1. The normalized spacial score (nSPS) is 16.6. The third-order valence-corrected chi connectivity index (χ3v) is 3.80. The molecule has 2 rings (SSSR count). The molecule has 0 spiro atoms. The molecule has 1 unspecified atom stereocenters. The highest BCUT2D eigenvalue weighted by atomic mass is 35.5. The van der Waals surface area contributed by atoms with E-state index in [0.29, 0.717) is 0 Å². The highest BCUT2D eigenvalue weighted by molar-refractivity contribution is 6.31. The van der Waals surface area contributed by atoms with Crippen molar-refractivity contribution in [2.45, 2.75) is 13.1 Å². The number of nitrogens with one attached hydrogen (secondary N) is 2. The van der Waals surface area contributed by atoms with Crippen LogP contribution in [-0.4, -0.2) is 19.0 Å². The molecule has 21 heavy (non-hydrogen) atoms. The van der Waals surface area contributed by atoms with Crippen molar-refractivity contribution in [3.05, 3.63) is 28.8 Å². The molecule has 0 saturated carbocycles. The van der Waals surface area contributed by atoms with E-state index < -0.39 is 11.7 Å². The first kappa shape index (κ1) is 18.1. The highest BCUT2D eigenvalue weighted by Gasteiger charge is 2.34. The van der Waals surface area contributed by atoms with Gasteiger partial charge in [-0.15, -0.1) is 12.4 Å². The molecule has 0 radical (unpaired) electrons. The van der Waals surface area contributed by atoms with Gasteiger partial charge in [0.15, 0.2) is 0 Å². The molecule has 118 valence electrons. The van der Waals surface area contributed by atoms with E-state index in [1.165, 1.54) is 6.07 Å². The molecule has 1 fully saturated rings. The fourth-order valence-electron chi connectivity index (χ4n) is 1.95. The van der Waals surface area contributed by atoms with E-state index in [2.05, 4.69) is 10.6 Å². The second-order valence-corrected chi connectivity index (χ2v) is 5.30. The number of rotatable bonds is 3. The van der Waals surface area contributed by atoms with Gasteiger partial charge in [-0.3, -0.25) is 4.79 Å². The maximum absolute atomic E-state index is 12.7. The first-order valence-electron chi connectivity index (χ1n) is 6.17. The number of alkyl halides is 3. The molecule has 1 amide bonds. The Labute approximate surface area is 131 Å². The van der Waals surface area contributed by atoms with Gasteiger partial charge in [-0.2, -0.15) is 13.2 Å². The Morgan fingerprint density at radius 2 is 2.05 bits per heavy atom. The molecule has 1 aliphatic heterocycles. The van der Waals surface area contributed by atoms with Crippen molar-refractivity contribution in [3.63, 3.8) is 0 Å². The van der Waals surface area contributed by atoms with Crippen LogP contribution in [0.5, 0.6) is 0 Å². The lowest BCUT2D eigenvalue weighted by Crippen LogP contribution is -2.48. The number of carbonyl (C=O) groups excluding carboxylic acids is 1. The topological polar surface area (TPSA) is 41.1 Å². The van der Waals surface area contributed by atoms with Gasteiger partial charge < -0.3 is 10.6 Å². The van der Waals surface area contributed by atoms with E-state index in [1.807, 2.05) is 0 Å². The van der Waals surface area contributed by atoms with Gasteiger partial charge in [-0.25, -0.2) is 0 Å². The van der Waals surface area contributed by atoms with Gasteiger partial charge in [0.05, 0.1) is 10.6 Å². The van der Waals surface area contributed by atoms with Gasteiger partial charge in [0, 0.05) is 11.6 Å². The van der Waals surface area contributed by atoms with Gasteiger partial charge in [-0.05, 0) is 37.2 Å². The quantitative estimate of drug-likeness (QED) is 0.881. The summed E-state index contributed by atoms with van der Waals surface area (Å²) in [6, 6.07) is 3.35. The summed E-state index contributed by atoms with van der Waals surface area (Å²) < 4.78 is 38.1. The lowest BCUT2D eigenvalue weighted by Gasteiger charge is -2.31. The van der Waals surface area contributed by atoms with Crippen LogP contribution in [0.15, 0.2) is 18.2 Å². The average Bonchev–Trinajstić information content (AvgIpc) is 2.27. The van der Waals surface area contributed by atoms with Crippen molar-refractivity contribution in [3.8, 4) is 0 Å². The van der Waals surface area contributed by atoms with Crippen molar-refractivity contribution in [2.75, 3.05) is 18.4 Å². The van der Waals surface area contributed by atoms with Gasteiger partial charge in [0.2, 0.25) is 5.91 Å². The number of amides is 1. The molecular weight excluding hydrogens is 328 g/mol. The Hall–Kier alpha value is -0.980. The molecule has 8 heteroatoms. The molecule has 2 N–H and O–H groups in total. The third-order valence-electron chi connectivity index (χ3n) is 3.47. The molecule has 1 aromatic rings. The van der Waals surface area contributed by atoms with Crippen molar-refractivity contribution in [2.24, 2.45) is 11.8 Å². The molecule has 0 bridgehead atoms. The Balaban J connectivity index is 0.00000220. The fourth-order valence-corrected chi connectivity index (χ4v) is 2.18. The fraction of sp³-hybridized carbons (Fsp3) is 0.462. The second kappa shape index (κ2) is 6.85. The highest BCUT2D eigenvalue weighted by Crippen LogP contribution is 2.36. The molecule has 0 aliphatic carbocycles. The van der Waals surface area contributed by atoms with Crippen LogP contribution in [-0.2, 0) is 11.0 Å². The van der Waals surface area contributed by atoms with Gasteiger partial charge in [0.1, 0.15) is 0 Å². The zero-order chi connectivity index (χ0) is 14.9. The summed E-state index contributed by atoms with van der Waals surface area (Å²) in [5, 5.41) is 5.17. The Morgan fingerprint density at radius 3 is 2.52 bits per heavy atom. The van der Waals surface area contributed by atoms with Gasteiger partial charge in [0.25, 0.3) is 0 Å². The molecule has 1 atom stereocenters. The summed E-state index contributed by atoms with van der Waals surface area (Å²) in [6.07, 6.45) is -4.54. The van der Waals surface area contributed by atoms with Crippen molar-refractivity contribution in [1.82, 2.24) is 5.32 Å². The molecular formula is C13H15Cl2F3N2O. The summed E-state index contributed by atoms with van der Waals surface area (Å²) in [6.45, 7) is 3.27. The third kappa shape index (κ3) is 4.25. The van der Waals surface area contributed by atoms with E-state index in [4.69, 9.17) is 11.6 Å². The van der Waals surface area contributed by atoms with Crippen LogP contribution in [0.4, 0.5) is 18.9 Å². The van der Waals surface area contributed by atoms with Crippen molar-refractivity contribution >= 4 is 35.6 Å². The van der Waals surface area contributed by atoms with E-state index >= 15 is 0 Å². The summed E-state index contributed by atoms with van der Waals surface area (Å²) in [7, 11) is 0. The Bertz CT molecular complexity index is 519. The average molecular weight is 343 g/mol. The minimum Gasteiger partial charge on any atom is -0.326 e. The van der Waals surface area contributed by atoms with E-state index in [9.17, 15) is 18.0 Å². The van der Waals surface area contributed by atoms with Gasteiger partial charge >= 0.3 is 6.18 Å². The molecule has 1 aliphatic rings. The largest absolute Gasteiger partial charge is 0.417 e. The zero-order valence-corrected chi connectivity index (χ0v) is 12.7. The van der Waals surface area contributed by atoms with Crippen LogP contribution < -0.4 is 10.6 Å². The van der Waals surface area contributed by atoms with Crippen LogP contribution in [0.2, 0.25) is 5.02 Å². The van der Waals surface area contributed by atoms with E-state index in [0.717, 1.165) is 25.2 Å². The summed E-state index contributed by atoms with van der Waals surface area (Å²) in [5.74, 6) is -0.308. The predicted octanol–water partition coefficient (Wildman–Crippen LogP) is 3.57. The SMILES string of the molecule is CC(C(=O)Nc1ccc(Cl)c(C(F)(F)F)c1)C1CNC1.Cl. The van der Waals surface area contributed by atoms with E-state index in [-0.39, 0.29) is 40.9 Å². The Morgan fingerprint density at radius 1 is 1.43 bits per heavy atom. The maximum atomic E-state index is 12.7. The monoisotopic (exact) mass is 342 g/mol. The number of hydrogen-bond acceptors (Lipinski definition) is 2. The second-order valence-electron chi connectivity index (χ2n) is 4.89. The number of benzene rings is 1. The number of halogens is 5. The first-order valence-corrected chi connectivity index (χ1v) is 6.55. The van der Waals surface area contributed by atoms with Crippen molar-refractivity contribution < 1.29 is 18.0 Å². The van der Waals surface area contributed by atoms with Crippen LogP contribution in [0.25, 0.3) is 0 Å². The minimum absolute atomic E-state index is 0. The van der Waals surface area contributed by atoms with Crippen LogP contribution in [0.3, 0.4) is 0 Å². The molecule has 0 aromatic heterocycles. The lowest BCUT2D eigenvalue weighted by atomic mass is 9.88. The molecule has 1 heterocycles. The van der Waals surface area contributed by atoms with Crippen LogP contribution >= 0.6 is 24.0 Å². The minimum atomic E-state index is -4.54. The molecule has 3 nitrogen and oxygen atoms in total. The van der Waals surface area contributed by atoms with Crippen molar-refractivity contribution in [1.29, 1.82) is 0 Å². The molecule has 1 aromatic carbocycles. The maximum Gasteiger partial charge on any atom is 0.417 e. The Kier molecular flexibility index (Phi) is 5.90. The summed E-state index contributed by atoms with van der Waals surface area (Å²) >= 11 is 5.52. The van der Waals surface area contributed by atoms with E-state index in [1.54, 1.807) is 6.92 Å². The zero-order valence-electron chi connectivity index (χ0n) is 11.1. The number of carbonyl (C=O) groups is 1. The lowest BCUT2D eigenvalue weighted by molar-refractivity contribution is -0.137.